The topological polar surface area (TPSA) is 66.6 Å². The Hall–Kier alpha value is -1.76. The highest BCUT2D eigenvalue weighted by Crippen LogP contribution is 2.27. The molecule has 0 amide bonds. The van der Waals surface area contributed by atoms with Gasteiger partial charge in [-0.3, -0.25) is 9.39 Å². The Morgan fingerprint density at radius 1 is 1.38 bits per heavy atom. The van der Waals surface area contributed by atoms with Gasteiger partial charge in [-0.25, -0.2) is 0 Å². The van der Waals surface area contributed by atoms with Crippen LogP contribution in [0.4, 0.5) is 0 Å². The molecule has 24 heavy (non-hydrogen) atoms. The molecule has 1 aliphatic rings. The number of hydrogen-bond acceptors (Lipinski definition) is 4. The summed E-state index contributed by atoms with van der Waals surface area (Å²) in [5.74, 6) is 1.92. The van der Waals surface area contributed by atoms with Crippen molar-refractivity contribution in [2.75, 3.05) is 19.8 Å². The van der Waals surface area contributed by atoms with E-state index >= 15 is 0 Å². The summed E-state index contributed by atoms with van der Waals surface area (Å²) < 4.78 is 2.05. The lowest BCUT2D eigenvalue weighted by molar-refractivity contribution is 0.610. The second kappa shape index (κ2) is 8.37. The number of aryl methyl sites for hydroxylation is 1. The average Bonchev–Trinajstić information content (AvgIpc) is 3.24. The summed E-state index contributed by atoms with van der Waals surface area (Å²) in [6, 6.07) is 6.52. The molecule has 2 N–H and O–H groups in total. The van der Waals surface area contributed by atoms with E-state index in [2.05, 4.69) is 32.1 Å². The number of pyridine rings is 1. The summed E-state index contributed by atoms with van der Waals surface area (Å²) in [5.41, 5.74) is 0.905. The van der Waals surface area contributed by atoms with Crippen molar-refractivity contribution in [3.8, 4) is 0 Å². The Morgan fingerprint density at radius 3 is 3.08 bits per heavy atom. The molecular weight excluding hydrogens is 320 g/mol. The molecule has 1 fully saturated rings. The second-order valence-corrected chi connectivity index (χ2v) is 7.30. The van der Waals surface area contributed by atoms with Gasteiger partial charge in [-0.05, 0) is 44.1 Å². The van der Waals surface area contributed by atoms with E-state index in [1.165, 1.54) is 19.3 Å². The van der Waals surface area contributed by atoms with Gasteiger partial charge in [0.1, 0.15) is 5.82 Å². The third-order valence-corrected chi connectivity index (χ3v) is 5.63. The quantitative estimate of drug-likeness (QED) is 0.476. The molecule has 1 saturated carbocycles. The number of fused-ring (bicyclic) bond motifs is 1. The molecule has 130 valence electrons. The first-order valence-electron chi connectivity index (χ1n) is 8.58. The van der Waals surface area contributed by atoms with Gasteiger partial charge in [-0.2, -0.15) is 11.8 Å². The number of aliphatic imine (C=N–C) groups is 1. The van der Waals surface area contributed by atoms with E-state index in [0.29, 0.717) is 6.04 Å². The third kappa shape index (κ3) is 4.20. The summed E-state index contributed by atoms with van der Waals surface area (Å²) in [5, 5.41) is 16.2. The highest BCUT2D eigenvalue weighted by atomic mass is 32.2. The SMILES string of the molecule is CN=C(NCCCc1nnc2ccccn12)NC1CCC(SC)C1. The van der Waals surface area contributed by atoms with Crippen LogP contribution in [0.3, 0.4) is 0 Å². The summed E-state index contributed by atoms with van der Waals surface area (Å²) in [7, 11) is 1.84. The molecule has 2 aromatic heterocycles. The Kier molecular flexibility index (Phi) is 5.96. The smallest absolute Gasteiger partial charge is 0.191 e. The molecule has 2 aromatic rings. The molecule has 2 unspecified atom stereocenters. The lowest BCUT2D eigenvalue weighted by atomic mass is 10.2. The molecule has 3 rings (SSSR count). The maximum atomic E-state index is 4.34. The van der Waals surface area contributed by atoms with Gasteiger partial charge in [0.2, 0.25) is 0 Å². The van der Waals surface area contributed by atoms with E-state index in [1.54, 1.807) is 0 Å². The molecule has 0 saturated heterocycles. The van der Waals surface area contributed by atoms with Crippen molar-refractivity contribution in [2.24, 2.45) is 4.99 Å². The van der Waals surface area contributed by atoms with E-state index < -0.39 is 0 Å². The van der Waals surface area contributed by atoms with Gasteiger partial charge < -0.3 is 10.6 Å². The van der Waals surface area contributed by atoms with Crippen molar-refractivity contribution in [1.82, 2.24) is 25.2 Å². The Morgan fingerprint density at radius 2 is 2.29 bits per heavy atom. The average molecular weight is 347 g/mol. The first kappa shape index (κ1) is 17.1. The van der Waals surface area contributed by atoms with Crippen LogP contribution in [0.1, 0.15) is 31.5 Å². The monoisotopic (exact) mass is 346 g/mol. The molecule has 0 spiro atoms. The summed E-state index contributed by atoms with van der Waals surface area (Å²) in [6.45, 7) is 0.875. The van der Waals surface area contributed by atoms with Crippen molar-refractivity contribution in [3.05, 3.63) is 30.2 Å². The zero-order valence-electron chi connectivity index (χ0n) is 14.4. The number of guanidine groups is 1. The van der Waals surface area contributed by atoms with E-state index in [0.717, 1.165) is 42.1 Å². The van der Waals surface area contributed by atoms with E-state index in [4.69, 9.17) is 0 Å². The standard InChI is InChI=1S/C17H26N6S/c1-18-17(20-13-8-9-14(12-13)24-2)19-10-5-7-16-22-21-15-6-3-4-11-23(15)16/h3-4,6,11,13-14H,5,7-10,12H2,1-2H3,(H2,18,19,20). The molecule has 0 aliphatic heterocycles. The van der Waals surface area contributed by atoms with Gasteiger partial charge in [-0.15, -0.1) is 10.2 Å². The van der Waals surface area contributed by atoms with E-state index in [-0.39, 0.29) is 0 Å². The van der Waals surface area contributed by atoms with Crippen LogP contribution in [-0.2, 0) is 6.42 Å². The molecule has 0 bridgehead atoms. The highest BCUT2D eigenvalue weighted by Gasteiger charge is 2.24. The fourth-order valence-corrected chi connectivity index (χ4v) is 3.98. The predicted octanol–water partition coefficient (Wildman–Crippen LogP) is 2.11. The van der Waals surface area contributed by atoms with Crippen molar-refractivity contribution < 1.29 is 0 Å². The van der Waals surface area contributed by atoms with Crippen molar-refractivity contribution in [3.63, 3.8) is 0 Å². The third-order valence-electron chi connectivity index (χ3n) is 4.54. The number of thioether (sulfide) groups is 1. The molecule has 0 aromatic carbocycles. The Labute approximate surface area is 147 Å². The van der Waals surface area contributed by atoms with E-state index in [1.807, 2.05) is 47.6 Å². The summed E-state index contributed by atoms with van der Waals surface area (Å²) in [6.07, 6.45) is 9.87. The minimum atomic E-state index is 0.550. The lowest BCUT2D eigenvalue weighted by Crippen LogP contribution is -2.43. The number of nitrogens with zero attached hydrogens (tertiary/aromatic N) is 4. The van der Waals surface area contributed by atoms with Crippen LogP contribution in [0.5, 0.6) is 0 Å². The highest BCUT2D eigenvalue weighted by molar-refractivity contribution is 7.99. The van der Waals surface area contributed by atoms with Gasteiger partial charge in [0.05, 0.1) is 0 Å². The summed E-state index contributed by atoms with van der Waals surface area (Å²) >= 11 is 1.98. The van der Waals surface area contributed by atoms with Crippen LogP contribution in [-0.4, -0.2) is 51.7 Å². The number of aromatic nitrogens is 3. The van der Waals surface area contributed by atoms with Crippen molar-refractivity contribution in [1.29, 1.82) is 0 Å². The first-order valence-corrected chi connectivity index (χ1v) is 9.87. The zero-order chi connectivity index (χ0) is 16.8. The normalized spacial score (nSPS) is 21.3. The summed E-state index contributed by atoms with van der Waals surface area (Å²) in [4.78, 5) is 4.34. The Balaban J connectivity index is 1.42. The molecule has 2 heterocycles. The minimum Gasteiger partial charge on any atom is -0.356 e. The van der Waals surface area contributed by atoms with Gasteiger partial charge in [-0.1, -0.05) is 6.07 Å². The molecular formula is C17H26N6S. The maximum Gasteiger partial charge on any atom is 0.191 e. The molecule has 2 atom stereocenters. The van der Waals surface area contributed by atoms with Crippen LogP contribution in [0, 0.1) is 0 Å². The number of rotatable bonds is 6. The molecule has 1 aliphatic carbocycles. The predicted molar refractivity (Wildman–Crippen MR) is 101 cm³/mol. The molecule has 0 radical (unpaired) electrons. The van der Waals surface area contributed by atoms with Crippen LogP contribution >= 0.6 is 11.8 Å². The number of hydrogen-bond donors (Lipinski definition) is 2. The minimum absolute atomic E-state index is 0.550. The zero-order valence-corrected chi connectivity index (χ0v) is 15.2. The van der Waals surface area contributed by atoms with Gasteiger partial charge >= 0.3 is 0 Å². The largest absolute Gasteiger partial charge is 0.356 e. The number of nitrogens with one attached hydrogen (secondary N) is 2. The van der Waals surface area contributed by atoms with Gasteiger partial charge in [0, 0.05) is 37.5 Å². The van der Waals surface area contributed by atoms with Crippen LogP contribution in [0.2, 0.25) is 0 Å². The van der Waals surface area contributed by atoms with Gasteiger partial charge in [0.15, 0.2) is 11.6 Å². The van der Waals surface area contributed by atoms with Crippen LogP contribution in [0.25, 0.3) is 5.65 Å². The molecule has 6 nitrogen and oxygen atoms in total. The van der Waals surface area contributed by atoms with Crippen LogP contribution < -0.4 is 10.6 Å². The van der Waals surface area contributed by atoms with Crippen molar-refractivity contribution >= 4 is 23.4 Å². The fourth-order valence-electron chi connectivity index (χ4n) is 3.19. The molecule has 7 heteroatoms. The maximum absolute atomic E-state index is 4.34. The van der Waals surface area contributed by atoms with E-state index in [9.17, 15) is 0 Å². The first-order chi connectivity index (χ1) is 11.8. The second-order valence-electron chi connectivity index (χ2n) is 6.16. The van der Waals surface area contributed by atoms with Crippen molar-refractivity contribution in [2.45, 2.75) is 43.4 Å². The van der Waals surface area contributed by atoms with Crippen LogP contribution in [0.15, 0.2) is 29.4 Å². The Bertz CT molecular complexity index is 683. The fraction of sp³-hybridized carbons (Fsp3) is 0.588. The lowest BCUT2D eigenvalue weighted by Gasteiger charge is -2.17. The van der Waals surface area contributed by atoms with Gasteiger partial charge in [0.25, 0.3) is 0 Å².